The monoisotopic (exact) mass is 510 g/mol. The van der Waals surface area contributed by atoms with Crippen LogP contribution in [0.25, 0.3) is 10.8 Å². The number of hydrogen-bond donors (Lipinski definition) is 4. The van der Waals surface area contributed by atoms with Crippen LogP contribution in [0.3, 0.4) is 0 Å². The molecule has 1 fully saturated rings. The van der Waals surface area contributed by atoms with E-state index in [-0.39, 0.29) is 29.3 Å². The number of carbonyl (C=O) groups excluding carboxylic acids is 1. The summed E-state index contributed by atoms with van der Waals surface area (Å²) in [6.45, 7) is 5.18. The molecule has 4 rings (SSSR count). The molecule has 3 aromatic rings. The average molecular weight is 511 g/mol. The third-order valence-electron chi connectivity index (χ3n) is 7.04. The molecule has 0 bridgehead atoms. The first-order chi connectivity index (χ1) is 17.2. The molecular formula is C27H34N4O4S. The first-order valence-electron chi connectivity index (χ1n) is 12.3. The van der Waals surface area contributed by atoms with Gasteiger partial charge in [0.15, 0.2) is 0 Å². The lowest BCUT2D eigenvalue weighted by Crippen LogP contribution is -2.54. The van der Waals surface area contributed by atoms with Crippen LogP contribution in [0.15, 0.2) is 65.6 Å². The fraction of sp³-hybridized carbons (Fsp3) is 0.370. The Hall–Kier alpha value is -2.82. The lowest BCUT2D eigenvalue weighted by Gasteiger charge is -2.40. The van der Waals surface area contributed by atoms with E-state index in [1.807, 2.05) is 49.1 Å². The number of anilines is 1. The maximum atomic E-state index is 13.6. The number of aliphatic hydroxyl groups excluding tert-OH is 1. The molecule has 1 saturated heterocycles. The van der Waals surface area contributed by atoms with Crippen LogP contribution < -0.4 is 15.8 Å². The van der Waals surface area contributed by atoms with Gasteiger partial charge in [-0.2, -0.15) is 0 Å². The Morgan fingerprint density at radius 3 is 2.50 bits per heavy atom. The average Bonchev–Trinajstić information content (AvgIpc) is 2.88. The number of hydrogen-bond acceptors (Lipinski definition) is 6. The van der Waals surface area contributed by atoms with Gasteiger partial charge in [0.05, 0.1) is 4.90 Å². The van der Waals surface area contributed by atoms with E-state index in [9.17, 15) is 18.3 Å². The number of carbonyl (C=O) groups is 1. The van der Waals surface area contributed by atoms with Crippen molar-refractivity contribution in [1.82, 2.24) is 9.62 Å². The topological polar surface area (TPSA) is 125 Å². The molecule has 1 amide bonds. The van der Waals surface area contributed by atoms with Crippen LogP contribution in [0.5, 0.6) is 0 Å². The molecule has 0 spiro atoms. The molecule has 0 saturated carbocycles. The van der Waals surface area contributed by atoms with Crippen LogP contribution >= 0.6 is 0 Å². The van der Waals surface area contributed by atoms with Gasteiger partial charge in [-0.25, -0.2) is 13.1 Å². The lowest BCUT2D eigenvalue weighted by molar-refractivity contribution is -0.0214. The molecule has 192 valence electrons. The molecular weight excluding hydrogens is 476 g/mol. The highest BCUT2D eigenvalue weighted by atomic mass is 32.2. The summed E-state index contributed by atoms with van der Waals surface area (Å²) in [6, 6.07) is 17.4. The summed E-state index contributed by atoms with van der Waals surface area (Å²) >= 11 is 0. The van der Waals surface area contributed by atoms with Crippen LogP contribution in [-0.4, -0.2) is 56.2 Å². The van der Waals surface area contributed by atoms with Gasteiger partial charge in [-0.15, -0.1) is 0 Å². The zero-order chi connectivity index (χ0) is 25.9. The Morgan fingerprint density at radius 1 is 1.11 bits per heavy atom. The van der Waals surface area contributed by atoms with Crippen molar-refractivity contribution >= 4 is 32.4 Å². The highest BCUT2D eigenvalue weighted by molar-refractivity contribution is 7.89. The second-order valence-electron chi connectivity index (χ2n) is 9.32. The number of sulfonamides is 1. The summed E-state index contributed by atoms with van der Waals surface area (Å²) in [7, 11) is -3.85. The minimum Gasteiger partial charge on any atom is -0.377 e. The smallest absolute Gasteiger partial charge is 0.255 e. The molecule has 0 aliphatic carbocycles. The van der Waals surface area contributed by atoms with Crippen LogP contribution in [0.2, 0.25) is 0 Å². The van der Waals surface area contributed by atoms with Crippen LogP contribution in [0.1, 0.15) is 35.7 Å². The van der Waals surface area contributed by atoms with E-state index in [0.717, 1.165) is 12.0 Å². The van der Waals surface area contributed by atoms with Gasteiger partial charge in [-0.05, 0) is 43.0 Å². The van der Waals surface area contributed by atoms with E-state index in [2.05, 4.69) is 10.0 Å². The molecule has 0 radical (unpaired) electrons. The predicted octanol–water partition coefficient (Wildman–Crippen LogP) is 3.06. The van der Waals surface area contributed by atoms with Crippen molar-refractivity contribution in [1.29, 1.82) is 0 Å². The molecule has 1 aliphatic rings. The third-order valence-corrected chi connectivity index (χ3v) is 8.59. The largest absolute Gasteiger partial charge is 0.377 e. The van der Waals surface area contributed by atoms with Gasteiger partial charge in [-0.1, -0.05) is 55.8 Å². The molecule has 3 atom stereocenters. The molecule has 1 heterocycles. The van der Waals surface area contributed by atoms with Crippen molar-refractivity contribution in [2.75, 3.05) is 25.0 Å². The Balaban J connectivity index is 1.61. The summed E-state index contributed by atoms with van der Waals surface area (Å²) in [4.78, 5) is 15.0. The number of fused-ring (bicyclic) bond motifs is 1. The number of piperidine rings is 1. The van der Waals surface area contributed by atoms with E-state index >= 15 is 0 Å². The first-order valence-corrected chi connectivity index (χ1v) is 13.8. The predicted molar refractivity (Wildman–Crippen MR) is 142 cm³/mol. The quantitative estimate of drug-likeness (QED) is 0.369. The minimum absolute atomic E-state index is 0.0497. The fourth-order valence-electron chi connectivity index (χ4n) is 4.94. The zero-order valence-corrected chi connectivity index (χ0v) is 21.5. The van der Waals surface area contributed by atoms with Gasteiger partial charge in [0.1, 0.15) is 6.23 Å². The Labute approximate surface area is 212 Å². The SMILES string of the molecule is CC[C@H]1CN(C(O)CN)CC[C@@H]1NS(=O)(=O)c1ccc(NC(=O)c2ccccc2C)c2ccccc12. The number of benzene rings is 3. The van der Waals surface area contributed by atoms with Crippen molar-refractivity contribution in [2.24, 2.45) is 11.7 Å². The second kappa shape index (κ2) is 11.1. The molecule has 3 aromatic carbocycles. The highest BCUT2D eigenvalue weighted by Crippen LogP contribution is 2.31. The van der Waals surface area contributed by atoms with Crippen molar-refractivity contribution in [3.8, 4) is 0 Å². The summed E-state index contributed by atoms with van der Waals surface area (Å²) < 4.78 is 30.1. The summed E-state index contributed by atoms with van der Waals surface area (Å²) in [5.41, 5.74) is 7.58. The molecule has 8 nitrogen and oxygen atoms in total. The fourth-order valence-corrected chi connectivity index (χ4v) is 6.49. The minimum atomic E-state index is -3.85. The van der Waals surface area contributed by atoms with Crippen LogP contribution in [0, 0.1) is 12.8 Å². The van der Waals surface area contributed by atoms with E-state index in [4.69, 9.17) is 5.73 Å². The maximum absolute atomic E-state index is 13.6. The van der Waals surface area contributed by atoms with Gasteiger partial charge >= 0.3 is 0 Å². The van der Waals surface area contributed by atoms with E-state index in [1.165, 1.54) is 0 Å². The van der Waals surface area contributed by atoms with Gasteiger partial charge in [0.2, 0.25) is 10.0 Å². The molecule has 9 heteroatoms. The number of aryl methyl sites for hydroxylation is 1. The molecule has 0 aromatic heterocycles. The third kappa shape index (κ3) is 5.45. The highest BCUT2D eigenvalue weighted by Gasteiger charge is 2.34. The van der Waals surface area contributed by atoms with Crippen molar-refractivity contribution in [3.63, 3.8) is 0 Å². The van der Waals surface area contributed by atoms with Crippen molar-refractivity contribution in [3.05, 3.63) is 71.8 Å². The summed E-state index contributed by atoms with van der Waals surface area (Å²) in [6.07, 6.45) is 0.631. The Bertz CT molecular complexity index is 1340. The standard InChI is InChI=1S/C27H34N4O4S/c1-3-19-17-31(26(32)16-28)15-14-23(19)30-36(34,35)25-13-12-24(21-10-6-7-11-22(21)25)29-27(33)20-9-5-4-8-18(20)2/h4-13,19,23,26,30,32H,3,14-17,28H2,1-2H3,(H,29,33)/t19-,23-,26?/m0/s1. The zero-order valence-electron chi connectivity index (χ0n) is 20.6. The summed E-state index contributed by atoms with van der Waals surface area (Å²) in [5.74, 6) is -0.196. The van der Waals surface area contributed by atoms with E-state index in [0.29, 0.717) is 41.5 Å². The van der Waals surface area contributed by atoms with E-state index in [1.54, 1.807) is 30.3 Å². The van der Waals surface area contributed by atoms with E-state index < -0.39 is 16.3 Å². The maximum Gasteiger partial charge on any atom is 0.255 e. The number of nitrogens with one attached hydrogen (secondary N) is 2. The second-order valence-corrected chi connectivity index (χ2v) is 11.0. The lowest BCUT2D eigenvalue weighted by atomic mass is 9.90. The number of amides is 1. The number of likely N-dealkylation sites (tertiary alicyclic amines) is 1. The number of aliphatic hydroxyl groups is 1. The molecule has 1 unspecified atom stereocenters. The van der Waals surface area contributed by atoms with Crippen LogP contribution in [0.4, 0.5) is 5.69 Å². The van der Waals surface area contributed by atoms with Gasteiger partial charge < -0.3 is 16.2 Å². The normalized spacial score (nSPS) is 19.8. The Morgan fingerprint density at radius 2 is 1.81 bits per heavy atom. The number of nitrogens with zero attached hydrogens (tertiary/aromatic N) is 1. The van der Waals surface area contributed by atoms with Gasteiger partial charge in [0.25, 0.3) is 5.91 Å². The van der Waals surface area contributed by atoms with Crippen molar-refractivity contribution in [2.45, 2.75) is 43.9 Å². The van der Waals surface area contributed by atoms with Crippen LogP contribution in [-0.2, 0) is 10.0 Å². The number of nitrogens with two attached hydrogens (primary N) is 1. The van der Waals surface area contributed by atoms with Gasteiger partial charge in [0, 0.05) is 47.7 Å². The Kier molecular flexibility index (Phi) is 8.07. The molecule has 1 aliphatic heterocycles. The summed E-state index contributed by atoms with van der Waals surface area (Å²) in [5, 5.41) is 14.3. The van der Waals surface area contributed by atoms with Gasteiger partial charge in [-0.3, -0.25) is 9.69 Å². The number of rotatable bonds is 8. The molecule has 5 N–H and O–H groups in total. The first kappa shape index (κ1) is 26.2. The molecule has 36 heavy (non-hydrogen) atoms. The van der Waals surface area contributed by atoms with Crippen molar-refractivity contribution < 1.29 is 18.3 Å².